The van der Waals surface area contributed by atoms with Crippen LogP contribution in [0.2, 0.25) is 0 Å². The molecule has 0 bridgehead atoms. The van der Waals surface area contributed by atoms with Gasteiger partial charge in [-0.15, -0.1) is 0 Å². The Bertz CT molecular complexity index is 319. The molecule has 1 aromatic rings. The molecule has 1 unspecified atom stereocenters. The average molecular weight is 234 g/mol. The third-order valence-electron chi connectivity index (χ3n) is 2.41. The molecule has 0 saturated heterocycles. The van der Waals surface area contributed by atoms with Crippen molar-refractivity contribution in [2.75, 3.05) is 13.2 Å². The Kier molecular flexibility index (Phi) is 4.32. The maximum atomic E-state index is 12.3. The molecule has 90 valence electrons. The Morgan fingerprint density at radius 2 is 1.62 bits per heavy atom. The maximum Gasteiger partial charge on any atom is 0.416 e. The highest BCUT2D eigenvalue weighted by Crippen LogP contribution is 2.30. The van der Waals surface area contributed by atoms with Gasteiger partial charge in [0.25, 0.3) is 0 Å². The van der Waals surface area contributed by atoms with Gasteiger partial charge < -0.3 is 10.2 Å². The van der Waals surface area contributed by atoms with Crippen molar-refractivity contribution in [1.29, 1.82) is 0 Å². The van der Waals surface area contributed by atoms with Gasteiger partial charge in [-0.05, 0) is 24.1 Å². The van der Waals surface area contributed by atoms with E-state index in [0.29, 0.717) is 12.0 Å². The highest BCUT2D eigenvalue weighted by atomic mass is 19.4. The van der Waals surface area contributed by atoms with Gasteiger partial charge >= 0.3 is 6.18 Å². The van der Waals surface area contributed by atoms with Gasteiger partial charge in [0.2, 0.25) is 0 Å². The SMILES string of the molecule is OCCC(CO)c1ccc(C(F)(F)F)cc1. The Morgan fingerprint density at radius 1 is 1.06 bits per heavy atom. The zero-order chi connectivity index (χ0) is 12.2. The minimum atomic E-state index is -4.34. The molecule has 0 aliphatic rings. The fraction of sp³-hybridized carbons (Fsp3) is 0.455. The van der Waals surface area contributed by atoms with Gasteiger partial charge in [-0.1, -0.05) is 12.1 Å². The molecule has 1 rings (SSSR count). The highest BCUT2D eigenvalue weighted by molar-refractivity contribution is 5.27. The molecule has 1 atom stereocenters. The van der Waals surface area contributed by atoms with Crippen LogP contribution in [0.1, 0.15) is 23.5 Å². The second kappa shape index (κ2) is 5.32. The maximum absolute atomic E-state index is 12.3. The molecular formula is C11H13F3O2. The van der Waals surface area contributed by atoms with E-state index in [2.05, 4.69) is 0 Å². The van der Waals surface area contributed by atoms with Gasteiger partial charge in [0.1, 0.15) is 0 Å². The first-order valence-electron chi connectivity index (χ1n) is 4.88. The summed E-state index contributed by atoms with van der Waals surface area (Å²) in [4.78, 5) is 0. The molecule has 1 aromatic carbocycles. The summed E-state index contributed by atoms with van der Waals surface area (Å²) >= 11 is 0. The summed E-state index contributed by atoms with van der Waals surface area (Å²) in [7, 11) is 0. The van der Waals surface area contributed by atoms with Gasteiger partial charge in [0.15, 0.2) is 0 Å². The fourth-order valence-corrected chi connectivity index (χ4v) is 1.46. The molecule has 0 spiro atoms. The minimum absolute atomic E-state index is 0.105. The topological polar surface area (TPSA) is 40.5 Å². The molecule has 0 heterocycles. The number of aliphatic hydroxyl groups excluding tert-OH is 2. The van der Waals surface area contributed by atoms with E-state index >= 15 is 0 Å². The van der Waals surface area contributed by atoms with Crippen molar-refractivity contribution in [3.05, 3.63) is 35.4 Å². The Labute approximate surface area is 91.3 Å². The van der Waals surface area contributed by atoms with Crippen LogP contribution in [0.15, 0.2) is 24.3 Å². The van der Waals surface area contributed by atoms with E-state index in [0.717, 1.165) is 12.1 Å². The van der Waals surface area contributed by atoms with E-state index in [1.54, 1.807) is 0 Å². The van der Waals surface area contributed by atoms with E-state index in [9.17, 15) is 13.2 Å². The van der Waals surface area contributed by atoms with Crippen LogP contribution in [-0.2, 0) is 6.18 Å². The lowest BCUT2D eigenvalue weighted by Gasteiger charge is -2.14. The van der Waals surface area contributed by atoms with Crippen molar-refractivity contribution in [1.82, 2.24) is 0 Å². The van der Waals surface area contributed by atoms with Crippen LogP contribution in [0.4, 0.5) is 13.2 Å². The summed E-state index contributed by atoms with van der Waals surface area (Å²) in [6, 6.07) is 4.63. The van der Waals surface area contributed by atoms with Crippen LogP contribution in [0.3, 0.4) is 0 Å². The third kappa shape index (κ3) is 3.21. The van der Waals surface area contributed by atoms with Gasteiger partial charge in [-0.2, -0.15) is 13.2 Å². The normalized spacial score (nSPS) is 13.8. The lowest BCUT2D eigenvalue weighted by molar-refractivity contribution is -0.137. The zero-order valence-electron chi connectivity index (χ0n) is 8.54. The Balaban J connectivity index is 2.85. The Hall–Kier alpha value is -1.07. The van der Waals surface area contributed by atoms with Crippen LogP contribution >= 0.6 is 0 Å². The zero-order valence-corrected chi connectivity index (χ0v) is 8.54. The number of benzene rings is 1. The second-order valence-electron chi connectivity index (χ2n) is 3.51. The van der Waals surface area contributed by atoms with Gasteiger partial charge in [0, 0.05) is 12.5 Å². The minimum Gasteiger partial charge on any atom is -0.396 e. The van der Waals surface area contributed by atoms with Crippen molar-refractivity contribution < 1.29 is 23.4 Å². The molecule has 0 saturated carbocycles. The Morgan fingerprint density at radius 3 is 2.00 bits per heavy atom. The lowest BCUT2D eigenvalue weighted by Crippen LogP contribution is -2.08. The summed E-state index contributed by atoms with van der Waals surface area (Å²) in [5, 5.41) is 17.7. The number of alkyl halides is 3. The van der Waals surface area contributed by atoms with E-state index < -0.39 is 11.7 Å². The van der Waals surface area contributed by atoms with Crippen LogP contribution in [0.5, 0.6) is 0 Å². The molecule has 2 N–H and O–H groups in total. The van der Waals surface area contributed by atoms with Gasteiger partial charge in [-0.25, -0.2) is 0 Å². The smallest absolute Gasteiger partial charge is 0.396 e. The number of hydrogen-bond acceptors (Lipinski definition) is 2. The summed E-state index contributed by atoms with van der Waals surface area (Å²) in [5.41, 5.74) is -0.110. The van der Waals surface area contributed by atoms with Crippen molar-refractivity contribution in [2.45, 2.75) is 18.5 Å². The van der Waals surface area contributed by atoms with E-state index in [-0.39, 0.29) is 19.1 Å². The van der Waals surface area contributed by atoms with Crippen molar-refractivity contribution in [2.24, 2.45) is 0 Å². The number of hydrogen-bond donors (Lipinski definition) is 2. The second-order valence-corrected chi connectivity index (χ2v) is 3.51. The van der Waals surface area contributed by atoms with Crippen LogP contribution in [0, 0.1) is 0 Å². The first-order chi connectivity index (χ1) is 7.49. The summed E-state index contributed by atoms with van der Waals surface area (Å²) in [6.45, 7) is -0.293. The van der Waals surface area contributed by atoms with Gasteiger partial charge in [-0.3, -0.25) is 0 Å². The summed E-state index contributed by atoms with van der Waals surface area (Å²) in [6.07, 6.45) is -4.01. The first-order valence-corrected chi connectivity index (χ1v) is 4.88. The lowest BCUT2D eigenvalue weighted by atomic mass is 9.96. The van der Waals surface area contributed by atoms with E-state index in [1.165, 1.54) is 12.1 Å². The molecule has 5 heteroatoms. The van der Waals surface area contributed by atoms with Crippen LogP contribution in [-0.4, -0.2) is 23.4 Å². The predicted octanol–water partition coefficient (Wildman–Crippen LogP) is 2.16. The molecule has 16 heavy (non-hydrogen) atoms. The molecule has 0 aromatic heterocycles. The summed E-state index contributed by atoms with van der Waals surface area (Å²) < 4.78 is 36.8. The number of aliphatic hydroxyl groups is 2. The van der Waals surface area contributed by atoms with Crippen molar-refractivity contribution >= 4 is 0 Å². The first kappa shape index (κ1) is 13.0. The highest BCUT2D eigenvalue weighted by Gasteiger charge is 2.30. The molecule has 0 fully saturated rings. The molecule has 0 aliphatic carbocycles. The fourth-order valence-electron chi connectivity index (χ4n) is 1.46. The third-order valence-corrected chi connectivity index (χ3v) is 2.41. The predicted molar refractivity (Wildman–Crippen MR) is 53.0 cm³/mol. The van der Waals surface area contributed by atoms with Crippen LogP contribution < -0.4 is 0 Å². The van der Waals surface area contributed by atoms with Crippen molar-refractivity contribution in [3.8, 4) is 0 Å². The number of rotatable bonds is 4. The number of halogens is 3. The quantitative estimate of drug-likeness (QED) is 0.838. The molecule has 0 amide bonds. The molecule has 0 aliphatic heterocycles. The van der Waals surface area contributed by atoms with Crippen LogP contribution in [0.25, 0.3) is 0 Å². The van der Waals surface area contributed by atoms with Crippen molar-refractivity contribution in [3.63, 3.8) is 0 Å². The molecular weight excluding hydrogens is 221 g/mol. The largest absolute Gasteiger partial charge is 0.416 e. The monoisotopic (exact) mass is 234 g/mol. The summed E-state index contributed by atoms with van der Waals surface area (Å²) in [5.74, 6) is -0.313. The average Bonchev–Trinajstić information content (AvgIpc) is 2.25. The molecule has 0 radical (unpaired) electrons. The van der Waals surface area contributed by atoms with Gasteiger partial charge in [0.05, 0.1) is 12.2 Å². The van der Waals surface area contributed by atoms with E-state index in [1.807, 2.05) is 0 Å². The standard InChI is InChI=1S/C11H13F3O2/c12-11(13,14)10-3-1-8(2-4-10)9(7-16)5-6-15/h1-4,9,15-16H,5-7H2. The molecule has 2 nitrogen and oxygen atoms in total. The van der Waals surface area contributed by atoms with E-state index in [4.69, 9.17) is 10.2 Å².